The van der Waals surface area contributed by atoms with Gasteiger partial charge in [-0.2, -0.15) is 0 Å². The van der Waals surface area contributed by atoms with Crippen LogP contribution in [0.25, 0.3) is 0 Å². The molecule has 0 spiro atoms. The quantitative estimate of drug-likeness (QED) is 0.430. The van der Waals surface area contributed by atoms with Crippen molar-refractivity contribution >= 4 is 5.97 Å². The topological polar surface area (TPSA) is 161 Å². The molecule has 2 aromatic carbocycles. The highest BCUT2D eigenvalue weighted by molar-refractivity contribution is 5.79. The number of methoxy groups -OCH3 is 2. The van der Waals surface area contributed by atoms with E-state index in [2.05, 4.69) is 0 Å². The van der Waals surface area contributed by atoms with Gasteiger partial charge in [0.25, 0.3) is 0 Å². The van der Waals surface area contributed by atoms with Crippen LogP contribution in [0.2, 0.25) is 0 Å². The molecular weight excluding hydrogens is 556 g/mol. The molecule has 3 N–H and O–H groups in total. The van der Waals surface area contributed by atoms with Crippen molar-refractivity contribution < 1.29 is 62.7 Å². The molecular formula is C29H32O13. The van der Waals surface area contributed by atoms with Crippen LogP contribution < -0.4 is 18.9 Å². The van der Waals surface area contributed by atoms with Crippen LogP contribution in [0.3, 0.4) is 0 Å². The standard InChI is InChI=1S/C29H32O13/c1-11-36-9-20-27(40-11)24(31)25(32)29(41-20)42-26-14-7-17-16(38-10-39-17)6-13(14)21(22-15(26)8-37-28(22)33)12-4-18(34-2)23(30)19(5-12)35-3/h4-7,11,15,20-22,24-27,29-32H,8-10H2,1-3H3/t11-,15+,20-,21-,22?,24-,25-,26-,27-,29-/m1/s1. The Kier molecular flexibility index (Phi) is 6.83. The van der Waals surface area contributed by atoms with Gasteiger partial charge >= 0.3 is 5.97 Å². The first-order valence-corrected chi connectivity index (χ1v) is 13.8. The summed E-state index contributed by atoms with van der Waals surface area (Å²) < 4.78 is 51.5. The van der Waals surface area contributed by atoms with Crippen molar-refractivity contribution in [3.63, 3.8) is 0 Å². The molecule has 4 aliphatic heterocycles. The Morgan fingerprint density at radius 3 is 2.26 bits per heavy atom. The van der Waals surface area contributed by atoms with Gasteiger partial charge in [0.15, 0.2) is 35.6 Å². The lowest BCUT2D eigenvalue weighted by Gasteiger charge is -2.47. The third kappa shape index (κ3) is 4.26. The molecule has 226 valence electrons. The lowest BCUT2D eigenvalue weighted by molar-refractivity contribution is -0.364. The molecule has 3 saturated heterocycles. The van der Waals surface area contributed by atoms with Crippen LogP contribution in [0.1, 0.15) is 35.6 Å². The Labute approximate surface area is 240 Å². The number of cyclic esters (lactones) is 1. The Morgan fingerprint density at radius 1 is 0.881 bits per heavy atom. The minimum Gasteiger partial charge on any atom is -0.502 e. The van der Waals surface area contributed by atoms with E-state index in [1.807, 2.05) is 0 Å². The summed E-state index contributed by atoms with van der Waals surface area (Å²) in [5, 5.41) is 32.5. The van der Waals surface area contributed by atoms with Crippen molar-refractivity contribution in [2.24, 2.45) is 11.8 Å². The lowest BCUT2D eigenvalue weighted by atomic mass is 9.66. The first kappa shape index (κ1) is 27.5. The van der Waals surface area contributed by atoms with E-state index in [1.54, 1.807) is 31.2 Å². The molecule has 0 radical (unpaired) electrons. The van der Waals surface area contributed by atoms with Crippen LogP contribution in [-0.4, -0.2) is 92.5 Å². The molecule has 1 unspecified atom stereocenters. The van der Waals surface area contributed by atoms with Gasteiger partial charge < -0.3 is 58.0 Å². The van der Waals surface area contributed by atoms with E-state index in [-0.39, 0.29) is 37.3 Å². The third-order valence-electron chi connectivity index (χ3n) is 8.75. The fourth-order valence-corrected chi connectivity index (χ4v) is 6.74. The molecule has 42 heavy (non-hydrogen) atoms. The van der Waals surface area contributed by atoms with Crippen LogP contribution in [0.15, 0.2) is 24.3 Å². The van der Waals surface area contributed by atoms with Gasteiger partial charge in [-0.3, -0.25) is 4.79 Å². The number of benzene rings is 2. The van der Waals surface area contributed by atoms with Gasteiger partial charge in [-0.05, 0) is 47.9 Å². The third-order valence-corrected chi connectivity index (χ3v) is 8.75. The van der Waals surface area contributed by atoms with Crippen molar-refractivity contribution in [1.82, 2.24) is 0 Å². The van der Waals surface area contributed by atoms with E-state index in [0.29, 0.717) is 28.2 Å². The first-order chi connectivity index (χ1) is 20.3. The zero-order chi connectivity index (χ0) is 29.3. The second-order valence-electron chi connectivity index (χ2n) is 11.0. The van der Waals surface area contributed by atoms with Gasteiger partial charge in [-0.15, -0.1) is 0 Å². The number of hydrogen-bond donors (Lipinski definition) is 3. The van der Waals surface area contributed by atoms with Crippen LogP contribution in [0.4, 0.5) is 0 Å². The molecule has 10 atom stereocenters. The van der Waals surface area contributed by atoms with Gasteiger partial charge in [-0.25, -0.2) is 0 Å². The Bertz CT molecular complexity index is 1350. The Morgan fingerprint density at radius 2 is 1.57 bits per heavy atom. The van der Waals surface area contributed by atoms with E-state index in [4.69, 9.17) is 42.6 Å². The number of fused-ring (bicyclic) bond motifs is 4. The normalized spacial score (nSPS) is 36.5. The highest BCUT2D eigenvalue weighted by Crippen LogP contribution is 2.57. The van der Waals surface area contributed by atoms with Gasteiger partial charge in [-0.1, -0.05) is 0 Å². The zero-order valence-electron chi connectivity index (χ0n) is 23.1. The van der Waals surface area contributed by atoms with Gasteiger partial charge in [0.05, 0.1) is 39.5 Å². The lowest BCUT2D eigenvalue weighted by Crippen LogP contribution is -2.63. The summed E-state index contributed by atoms with van der Waals surface area (Å²) in [5.41, 5.74) is 2.01. The maximum atomic E-state index is 13.4. The van der Waals surface area contributed by atoms with E-state index in [1.165, 1.54) is 14.2 Å². The SMILES string of the molecule is COc1cc([C@@H]2c3cc4c(cc3[C@@H](O[C@H]3O[C@@H]5CO[C@@H](C)O[C@H]5[C@H](O)[C@H]3O)[C@H]3COC(=O)C23)OCO4)cc(OC)c1O. The van der Waals surface area contributed by atoms with Crippen LogP contribution in [0, 0.1) is 11.8 Å². The molecule has 4 heterocycles. The Hall–Kier alpha value is -3.33. The second kappa shape index (κ2) is 10.4. The number of aliphatic hydroxyl groups is 2. The van der Waals surface area contributed by atoms with Crippen LogP contribution in [-0.2, 0) is 28.5 Å². The number of hydrogen-bond acceptors (Lipinski definition) is 13. The predicted molar refractivity (Wildman–Crippen MR) is 138 cm³/mol. The molecule has 7 rings (SSSR count). The fourth-order valence-electron chi connectivity index (χ4n) is 6.74. The summed E-state index contributed by atoms with van der Waals surface area (Å²) in [5.74, 6) is -1.02. The van der Waals surface area contributed by atoms with Gasteiger partial charge in [0, 0.05) is 11.8 Å². The van der Waals surface area contributed by atoms with E-state index in [9.17, 15) is 20.1 Å². The largest absolute Gasteiger partial charge is 0.502 e. The van der Waals surface area contributed by atoms with Crippen molar-refractivity contribution in [3.8, 4) is 28.7 Å². The summed E-state index contributed by atoms with van der Waals surface area (Å²) in [6, 6.07) is 6.93. The maximum Gasteiger partial charge on any atom is 0.310 e. The number of aromatic hydroxyl groups is 1. The Balaban J connectivity index is 1.32. The molecule has 0 aromatic heterocycles. The molecule has 5 aliphatic rings. The van der Waals surface area contributed by atoms with Crippen molar-refractivity contribution in [2.45, 2.75) is 55.9 Å². The van der Waals surface area contributed by atoms with Crippen molar-refractivity contribution in [3.05, 3.63) is 41.0 Å². The number of carbonyl (C=O) groups is 1. The molecule has 0 amide bonds. The van der Waals surface area contributed by atoms with E-state index >= 15 is 0 Å². The molecule has 2 aromatic rings. The first-order valence-electron chi connectivity index (χ1n) is 13.8. The zero-order valence-corrected chi connectivity index (χ0v) is 23.1. The fraction of sp³-hybridized carbons (Fsp3) is 0.552. The molecule has 3 fully saturated rings. The van der Waals surface area contributed by atoms with Gasteiger partial charge in [0.1, 0.15) is 24.4 Å². The summed E-state index contributed by atoms with van der Waals surface area (Å²) in [6.07, 6.45) is -6.80. The smallest absolute Gasteiger partial charge is 0.310 e. The summed E-state index contributed by atoms with van der Waals surface area (Å²) >= 11 is 0. The minimum absolute atomic E-state index is 0.0301. The average Bonchev–Trinajstić information content (AvgIpc) is 3.61. The number of phenolic OH excluding ortho intramolecular Hbond substituents is 1. The highest BCUT2D eigenvalue weighted by atomic mass is 16.8. The maximum absolute atomic E-state index is 13.4. The number of carbonyl (C=O) groups excluding carboxylic acids is 1. The summed E-state index contributed by atoms with van der Waals surface area (Å²) in [6.45, 7) is 1.93. The number of esters is 1. The highest BCUT2D eigenvalue weighted by Gasteiger charge is 2.56. The molecule has 13 nitrogen and oxygen atoms in total. The molecule has 13 heteroatoms. The predicted octanol–water partition coefficient (Wildman–Crippen LogP) is 1.34. The second-order valence-corrected chi connectivity index (χ2v) is 11.0. The van der Waals surface area contributed by atoms with Crippen LogP contribution >= 0.6 is 0 Å². The van der Waals surface area contributed by atoms with Gasteiger partial charge in [0.2, 0.25) is 12.5 Å². The number of rotatable bonds is 5. The monoisotopic (exact) mass is 588 g/mol. The minimum atomic E-state index is -1.44. The summed E-state index contributed by atoms with van der Waals surface area (Å²) in [4.78, 5) is 13.4. The summed E-state index contributed by atoms with van der Waals surface area (Å²) in [7, 11) is 2.86. The van der Waals surface area contributed by atoms with Crippen molar-refractivity contribution in [2.75, 3.05) is 34.2 Å². The number of ether oxygens (including phenoxy) is 9. The molecule has 0 saturated carbocycles. The molecule has 1 aliphatic carbocycles. The van der Waals surface area contributed by atoms with E-state index < -0.39 is 66.8 Å². The van der Waals surface area contributed by atoms with Crippen molar-refractivity contribution in [1.29, 1.82) is 0 Å². The average molecular weight is 589 g/mol. The van der Waals surface area contributed by atoms with Crippen LogP contribution in [0.5, 0.6) is 28.7 Å². The number of aliphatic hydroxyl groups excluding tert-OH is 2. The molecule has 0 bridgehead atoms. The van der Waals surface area contributed by atoms with E-state index in [0.717, 1.165) is 0 Å². The number of phenols is 1.